The van der Waals surface area contributed by atoms with E-state index in [-0.39, 0.29) is 0 Å². The predicted molar refractivity (Wildman–Crippen MR) is 45.0 cm³/mol. The van der Waals surface area contributed by atoms with Gasteiger partial charge in [0.2, 0.25) is 0 Å². The van der Waals surface area contributed by atoms with Crippen LogP contribution in [0.15, 0.2) is 24.3 Å². The van der Waals surface area contributed by atoms with Gasteiger partial charge >= 0.3 is 45.3 Å². The van der Waals surface area contributed by atoms with Crippen LogP contribution in [-0.4, -0.2) is 0 Å². The van der Waals surface area contributed by atoms with Gasteiger partial charge in [0.25, 0.3) is 0 Å². The molecule has 0 aromatic rings. The van der Waals surface area contributed by atoms with Crippen molar-refractivity contribution in [3.05, 3.63) is 24.3 Å². The standard InChI is InChI=1S/C6H8.3ClH.Y/c1-6-4-2-3-5-6;;;;/h2-6H,1H3;3*1H;/q;;;;+3/p-3. The van der Waals surface area contributed by atoms with E-state index in [4.69, 9.17) is 22.0 Å². The molecule has 4 heteroatoms. The number of allylic oxidation sites excluding steroid dienone is 4. The Hall–Kier alpha value is 1.45. The van der Waals surface area contributed by atoms with Crippen molar-refractivity contribution in [3.63, 3.8) is 0 Å². The SMILES string of the molecule is CC1C=CC=C1.[Cl][Y]([Cl])[Cl]. The van der Waals surface area contributed by atoms with Gasteiger partial charge in [-0.15, -0.1) is 0 Å². The molecule has 0 radical (unpaired) electrons. The van der Waals surface area contributed by atoms with E-state index in [1.165, 1.54) is 0 Å². The first-order chi connectivity index (χ1) is 4.63. The minimum atomic E-state index is -2.22. The topological polar surface area (TPSA) is 0 Å². The zero-order valence-electron chi connectivity index (χ0n) is 5.60. The number of rotatable bonds is 0. The normalized spacial score (nSPS) is 14.8. The first-order valence-corrected chi connectivity index (χ1v) is 13.9. The Morgan fingerprint density at radius 3 is 1.50 bits per heavy atom. The zero-order valence-corrected chi connectivity index (χ0v) is 10.7. The summed E-state index contributed by atoms with van der Waals surface area (Å²) >= 11 is -2.22. The van der Waals surface area contributed by atoms with Gasteiger partial charge in [0.1, 0.15) is 0 Å². The summed E-state index contributed by atoms with van der Waals surface area (Å²) in [7, 11) is 15.0. The van der Waals surface area contributed by atoms with Crippen LogP contribution < -0.4 is 0 Å². The molecule has 10 heavy (non-hydrogen) atoms. The molecule has 0 saturated heterocycles. The van der Waals surface area contributed by atoms with E-state index in [1.54, 1.807) is 0 Å². The van der Waals surface area contributed by atoms with Crippen LogP contribution in [0.4, 0.5) is 0 Å². The Bertz CT molecular complexity index is 116. The van der Waals surface area contributed by atoms with E-state index in [1.807, 2.05) is 0 Å². The fourth-order valence-corrected chi connectivity index (χ4v) is 0.543. The van der Waals surface area contributed by atoms with Crippen LogP contribution in [-0.2, 0) is 23.3 Å². The van der Waals surface area contributed by atoms with Gasteiger partial charge < -0.3 is 0 Å². The summed E-state index contributed by atoms with van der Waals surface area (Å²) in [5, 5.41) is 0. The average Bonchev–Trinajstić information content (AvgIpc) is 2.15. The van der Waals surface area contributed by atoms with Crippen LogP contribution in [0.5, 0.6) is 0 Å². The maximum absolute atomic E-state index is 5.02. The minimum absolute atomic E-state index is 0.685. The maximum atomic E-state index is 5.02. The molecular formula is C6H8Cl3Y. The summed E-state index contributed by atoms with van der Waals surface area (Å²) in [5.41, 5.74) is 0. The van der Waals surface area contributed by atoms with Gasteiger partial charge in [-0.05, 0) is 5.92 Å². The van der Waals surface area contributed by atoms with Gasteiger partial charge in [-0.2, -0.15) is 0 Å². The molecule has 1 aliphatic rings. The molecule has 0 aromatic carbocycles. The fraction of sp³-hybridized carbons (Fsp3) is 0.333. The van der Waals surface area contributed by atoms with Crippen molar-refractivity contribution in [3.8, 4) is 0 Å². The molecule has 0 bridgehead atoms. The van der Waals surface area contributed by atoms with Crippen molar-refractivity contribution in [2.24, 2.45) is 5.92 Å². The fourth-order valence-electron chi connectivity index (χ4n) is 0.543. The molecule has 0 amide bonds. The van der Waals surface area contributed by atoms with Gasteiger partial charge in [0, 0.05) is 0 Å². The van der Waals surface area contributed by atoms with E-state index < -0.39 is 23.3 Å². The summed E-state index contributed by atoms with van der Waals surface area (Å²) < 4.78 is 0. The third kappa shape index (κ3) is 9.45. The van der Waals surface area contributed by atoms with Crippen LogP contribution in [0.3, 0.4) is 0 Å². The Morgan fingerprint density at radius 2 is 1.40 bits per heavy atom. The third-order valence-electron chi connectivity index (χ3n) is 0.940. The number of hydrogen-bond acceptors (Lipinski definition) is 0. The average molecular weight is 275 g/mol. The summed E-state index contributed by atoms with van der Waals surface area (Å²) in [5.74, 6) is 0.685. The van der Waals surface area contributed by atoms with E-state index in [9.17, 15) is 0 Å². The van der Waals surface area contributed by atoms with Crippen molar-refractivity contribution in [1.29, 1.82) is 0 Å². The zero-order chi connectivity index (χ0) is 7.98. The van der Waals surface area contributed by atoms with Crippen molar-refractivity contribution in [1.82, 2.24) is 0 Å². The predicted octanol–water partition coefficient (Wildman–Crippen LogP) is 3.81. The second-order valence-electron chi connectivity index (χ2n) is 1.88. The van der Waals surface area contributed by atoms with E-state index in [0.29, 0.717) is 5.92 Å². The molecule has 0 atom stereocenters. The van der Waals surface area contributed by atoms with Crippen LogP contribution >= 0.6 is 22.0 Å². The summed E-state index contributed by atoms with van der Waals surface area (Å²) in [6.07, 6.45) is 8.48. The second-order valence-corrected chi connectivity index (χ2v) is 14.8. The van der Waals surface area contributed by atoms with Crippen LogP contribution in [0.25, 0.3) is 0 Å². The first-order valence-electron chi connectivity index (χ1n) is 2.90. The summed E-state index contributed by atoms with van der Waals surface area (Å²) in [4.78, 5) is 0. The van der Waals surface area contributed by atoms with Crippen molar-refractivity contribution < 1.29 is 23.3 Å². The van der Waals surface area contributed by atoms with Crippen molar-refractivity contribution >= 4 is 22.0 Å². The van der Waals surface area contributed by atoms with E-state index in [2.05, 4.69) is 31.2 Å². The van der Waals surface area contributed by atoms with Gasteiger partial charge in [-0.25, -0.2) is 0 Å². The summed E-state index contributed by atoms with van der Waals surface area (Å²) in [6, 6.07) is 0. The Labute approximate surface area is 81.4 Å². The van der Waals surface area contributed by atoms with Crippen molar-refractivity contribution in [2.45, 2.75) is 6.92 Å². The Kier molecular flexibility index (Phi) is 8.16. The van der Waals surface area contributed by atoms with Gasteiger partial charge in [0.15, 0.2) is 0 Å². The molecule has 56 valence electrons. The van der Waals surface area contributed by atoms with Gasteiger partial charge in [-0.3, -0.25) is 0 Å². The van der Waals surface area contributed by atoms with E-state index >= 15 is 0 Å². The third-order valence-corrected chi connectivity index (χ3v) is 0.940. The summed E-state index contributed by atoms with van der Waals surface area (Å²) in [6.45, 7) is 2.17. The molecule has 0 fully saturated rings. The number of hydrogen-bond donors (Lipinski definition) is 0. The van der Waals surface area contributed by atoms with Crippen LogP contribution in [0.2, 0.25) is 0 Å². The van der Waals surface area contributed by atoms with Crippen LogP contribution in [0, 0.1) is 5.92 Å². The molecular weight excluding hydrogens is 267 g/mol. The molecule has 0 spiro atoms. The molecule has 0 aromatic heterocycles. The quantitative estimate of drug-likeness (QED) is 0.630. The molecule has 0 unspecified atom stereocenters. The van der Waals surface area contributed by atoms with E-state index in [0.717, 1.165) is 0 Å². The molecule has 0 saturated carbocycles. The molecule has 0 nitrogen and oxygen atoms in total. The molecule has 0 heterocycles. The molecule has 0 N–H and O–H groups in total. The molecule has 1 aliphatic carbocycles. The number of halogens is 3. The monoisotopic (exact) mass is 274 g/mol. The van der Waals surface area contributed by atoms with Crippen LogP contribution in [0.1, 0.15) is 6.92 Å². The first kappa shape index (κ1) is 11.5. The van der Waals surface area contributed by atoms with Gasteiger partial charge in [0.05, 0.1) is 0 Å². The van der Waals surface area contributed by atoms with Crippen molar-refractivity contribution in [2.75, 3.05) is 0 Å². The Morgan fingerprint density at radius 1 is 1.10 bits per heavy atom. The molecule has 1 rings (SSSR count). The second kappa shape index (κ2) is 7.12. The van der Waals surface area contributed by atoms with Gasteiger partial charge in [-0.1, -0.05) is 31.2 Å². The Balaban J connectivity index is 0.000000180. The molecule has 0 aliphatic heterocycles.